The second-order valence-corrected chi connectivity index (χ2v) is 5.04. The van der Waals surface area contributed by atoms with Crippen LogP contribution in [0.1, 0.15) is 12.8 Å². The van der Waals surface area contributed by atoms with Crippen molar-refractivity contribution in [1.82, 2.24) is 4.90 Å². The first kappa shape index (κ1) is 17.9. The number of likely N-dealkylation sites (tertiary alicyclic amines) is 1. The Kier molecular flexibility index (Phi) is 6.64. The molecule has 0 radical (unpaired) electrons. The molecule has 0 bridgehead atoms. The van der Waals surface area contributed by atoms with Gasteiger partial charge in [-0.3, -0.25) is 9.69 Å². The lowest BCUT2D eigenvalue weighted by Gasteiger charge is -2.14. The predicted octanol–water partition coefficient (Wildman–Crippen LogP) is 3.31. The average molecular weight is 341 g/mol. The van der Waals surface area contributed by atoms with Crippen molar-refractivity contribution < 1.29 is 18.3 Å². The SMILES string of the molecule is Cl.O=C(CN1CCCC1)Nc1ccc(OC(F)(F)Cl)cc1. The average Bonchev–Trinajstić information content (AvgIpc) is 2.82. The summed E-state index contributed by atoms with van der Waals surface area (Å²) in [5.41, 5.74) is -3.21. The normalized spacial score (nSPS) is 15.4. The highest BCUT2D eigenvalue weighted by Gasteiger charge is 2.27. The maximum atomic E-state index is 12.4. The standard InChI is InChI=1S/C13H15ClF2N2O2.ClH/c14-13(15,16)20-11-5-3-10(4-6-11)17-12(19)9-18-7-1-2-8-18;/h3-6H,1-2,7-9H2,(H,17,19);1H. The van der Waals surface area contributed by atoms with Gasteiger partial charge in [0.15, 0.2) is 0 Å². The molecule has 0 atom stereocenters. The predicted molar refractivity (Wildman–Crippen MR) is 79.4 cm³/mol. The third-order valence-corrected chi connectivity index (χ3v) is 3.01. The van der Waals surface area contributed by atoms with Gasteiger partial charge in [-0.1, -0.05) is 0 Å². The van der Waals surface area contributed by atoms with Gasteiger partial charge in [0.05, 0.1) is 6.54 Å². The molecule has 0 aliphatic carbocycles. The summed E-state index contributed by atoms with van der Waals surface area (Å²) in [6.07, 6.45) is 2.23. The van der Waals surface area contributed by atoms with E-state index in [0.29, 0.717) is 12.2 Å². The molecule has 118 valence electrons. The van der Waals surface area contributed by atoms with Gasteiger partial charge in [-0.05, 0) is 50.2 Å². The van der Waals surface area contributed by atoms with Gasteiger partial charge in [0.25, 0.3) is 0 Å². The van der Waals surface area contributed by atoms with E-state index in [-0.39, 0.29) is 24.1 Å². The zero-order chi connectivity index (χ0) is 14.6. The van der Waals surface area contributed by atoms with E-state index in [0.717, 1.165) is 25.9 Å². The molecule has 1 heterocycles. The number of hydrogen-bond donors (Lipinski definition) is 1. The molecule has 0 unspecified atom stereocenters. The first-order valence-corrected chi connectivity index (χ1v) is 6.68. The minimum atomic E-state index is -3.74. The first-order chi connectivity index (χ1) is 9.42. The summed E-state index contributed by atoms with van der Waals surface area (Å²) in [6.45, 7) is 2.22. The van der Waals surface area contributed by atoms with Crippen molar-refractivity contribution in [1.29, 1.82) is 0 Å². The Labute approximate surface area is 132 Å². The van der Waals surface area contributed by atoms with Crippen molar-refractivity contribution in [2.75, 3.05) is 25.0 Å². The summed E-state index contributed by atoms with van der Waals surface area (Å²) < 4.78 is 29.0. The van der Waals surface area contributed by atoms with Gasteiger partial charge in [0.1, 0.15) is 5.75 Å². The highest BCUT2D eigenvalue weighted by Crippen LogP contribution is 2.25. The largest absolute Gasteiger partial charge is 0.487 e. The van der Waals surface area contributed by atoms with Crippen molar-refractivity contribution in [2.24, 2.45) is 0 Å². The van der Waals surface area contributed by atoms with E-state index in [1.165, 1.54) is 24.3 Å². The van der Waals surface area contributed by atoms with Gasteiger partial charge in [-0.15, -0.1) is 21.2 Å². The summed E-state index contributed by atoms with van der Waals surface area (Å²) in [6, 6.07) is 5.61. The smallest absolute Gasteiger partial charge is 0.420 e. The van der Waals surface area contributed by atoms with Gasteiger partial charge in [0, 0.05) is 17.3 Å². The Balaban J connectivity index is 0.00000220. The number of nitrogens with one attached hydrogen (secondary N) is 1. The molecule has 1 aromatic rings. The molecule has 1 amide bonds. The highest BCUT2D eigenvalue weighted by molar-refractivity contribution is 6.20. The van der Waals surface area contributed by atoms with Crippen LogP contribution < -0.4 is 10.1 Å². The maximum Gasteiger partial charge on any atom is 0.487 e. The zero-order valence-electron chi connectivity index (χ0n) is 11.2. The monoisotopic (exact) mass is 340 g/mol. The molecule has 0 aromatic heterocycles. The number of carbonyl (C=O) groups is 1. The molecule has 0 saturated carbocycles. The number of nitrogens with zero attached hydrogens (tertiary/aromatic N) is 1. The van der Waals surface area contributed by atoms with Crippen LogP contribution in [-0.4, -0.2) is 36.0 Å². The number of rotatable bonds is 5. The van der Waals surface area contributed by atoms with E-state index in [1.807, 2.05) is 0 Å². The number of carbonyl (C=O) groups excluding carboxylic acids is 1. The summed E-state index contributed by atoms with van der Waals surface area (Å²) in [7, 11) is 0. The lowest BCUT2D eigenvalue weighted by molar-refractivity contribution is -0.117. The van der Waals surface area contributed by atoms with Crippen LogP contribution in [0.5, 0.6) is 5.75 Å². The summed E-state index contributed by atoms with van der Waals surface area (Å²) in [5.74, 6) is -0.189. The number of amides is 1. The van der Waals surface area contributed by atoms with Crippen LogP contribution in [0.3, 0.4) is 0 Å². The van der Waals surface area contributed by atoms with Crippen LogP contribution in [0.4, 0.5) is 14.5 Å². The van der Waals surface area contributed by atoms with Crippen LogP contribution in [0, 0.1) is 0 Å². The molecular formula is C13H16Cl2F2N2O2. The van der Waals surface area contributed by atoms with Crippen LogP contribution in [0.2, 0.25) is 0 Å². The van der Waals surface area contributed by atoms with Gasteiger partial charge in [-0.25, -0.2) is 0 Å². The fourth-order valence-electron chi connectivity index (χ4n) is 2.08. The lowest BCUT2D eigenvalue weighted by atomic mass is 10.3. The molecule has 1 saturated heterocycles. The molecule has 2 rings (SSSR count). The maximum absolute atomic E-state index is 12.4. The van der Waals surface area contributed by atoms with Crippen LogP contribution in [0.25, 0.3) is 0 Å². The van der Waals surface area contributed by atoms with E-state index in [4.69, 9.17) is 0 Å². The quantitative estimate of drug-likeness (QED) is 0.836. The van der Waals surface area contributed by atoms with Crippen molar-refractivity contribution in [3.63, 3.8) is 0 Å². The van der Waals surface area contributed by atoms with Gasteiger partial charge < -0.3 is 10.1 Å². The van der Waals surface area contributed by atoms with Crippen molar-refractivity contribution in [3.05, 3.63) is 24.3 Å². The highest BCUT2D eigenvalue weighted by atomic mass is 35.5. The molecule has 21 heavy (non-hydrogen) atoms. The molecule has 0 spiro atoms. The van der Waals surface area contributed by atoms with Gasteiger partial charge in [-0.2, -0.15) is 0 Å². The Bertz CT molecular complexity index is 460. The third kappa shape index (κ3) is 6.46. The molecule has 1 N–H and O–H groups in total. The van der Waals surface area contributed by atoms with Crippen molar-refractivity contribution >= 4 is 35.6 Å². The molecular weight excluding hydrogens is 325 g/mol. The van der Waals surface area contributed by atoms with Gasteiger partial charge in [0.2, 0.25) is 5.91 Å². The molecule has 1 aliphatic rings. The summed E-state index contributed by atoms with van der Waals surface area (Å²) >= 11 is 4.66. The Morgan fingerprint density at radius 3 is 2.38 bits per heavy atom. The van der Waals surface area contributed by atoms with Crippen LogP contribution in [0.15, 0.2) is 24.3 Å². The van der Waals surface area contributed by atoms with E-state index in [1.54, 1.807) is 0 Å². The number of benzene rings is 1. The molecule has 1 aromatic carbocycles. The number of ether oxygens (including phenoxy) is 1. The number of halogens is 4. The van der Waals surface area contributed by atoms with Crippen LogP contribution in [-0.2, 0) is 4.79 Å². The van der Waals surface area contributed by atoms with E-state index in [9.17, 15) is 13.6 Å². The molecule has 8 heteroatoms. The molecule has 1 aliphatic heterocycles. The Morgan fingerprint density at radius 1 is 1.29 bits per heavy atom. The Morgan fingerprint density at radius 2 is 1.86 bits per heavy atom. The minimum absolute atomic E-state index is 0. The Hall–Kier alpha value is -1.11. The fraction of sp³-hybridized carbons (Fsp3) is 0.462. The number of anilines is 1. The number of alkyl halides is 3. The second kappa shape index (κ2) is 7.77. The van der Waals surface area contributed by atoms with E-state index >= 15 is 0 Å². The summed E-state index contributed by atoms with van der Waals surface area (Å²) in [5, 5.41) is 2.70. The van der Waals surface area contributed by atoms with E-state index in [2.05, 4.69) is 26.6 Å². The second-order valence-electron chi connectivity index (χ2n) is 4.60. The number of hydrogen-bond acceptors (Lipinski definition) is 3. The fourth-order valence-corrected chi connectivity index (χ4v) is 2.17. The summed E-state index contributed by atoms with van der Waals surface area (Å²) in [4.78, 5) is 13.8. The topological polar surface area (TPSA) is 41.6 Å². The molecule has 4 nitrogen and oxygen atoms in total. The first-order valence-electron chi connectivity index (χ1n) is 6.30. The lowest BCUT2D eigenvalue weighted by Crippen LogP contribution is -2.30. The van der Waals surface area contributed by atoms with Gasteiger partial charge >= 0.3 is 5.57 Å². The zero-order valence-corrected chi connectivity index (χ0v) is 12.7. The molecule has 1 fully saturated rings. The minimum Gasteiger partial charge on any atom is -0.420 e. The van der Waals surface area contributed by atoms with Crippen LogP contribution >= 0.6 is 24.0 Å². The van der Waals surface area contributed by atoms with Crippen molar-refractivity contribution in [2.45, 2.75) is 18.4 Å². The third-order valence-electron chi connectivity index (χ3n) is 2.94. The van der Waals surface area contributed by atoms with E-state index < -0.39 is 5.57 Å². The van der Waals surface area contributed by atoms with Crippen molar-refractivity contribution in [3.8, 4) is 5.75 Å².